The van der Waals surface area contributed by atoms with Gasteiger partial charge in [-0.05, 0) is 85.1 Å². The number of carbonyl (C=O) groups excluding carboxylic acids is 1. The fourth-order valence-electron chi connectivity index (χ4n) is 6.89. The Bertz CT molecular complexity index is 1120. The quantitative estimate of drug-likeness (QED) is 0.586. The number of pyridine rings is 1. The van der Waals surface area contributed by atoms with E-state index in [9.17, 15) is 4.79 Å². The molecule has 9 heteroatoms. The van der Waals surface area contributed by atoms with Crippen LogP contribution in [-0.2, 0) is 13.0 Å². The molecule has 1 amide bonds. The second-order valence-electron chi connectivity index (χ2n) is 10.2. The molecule has 0 aliphatic heterocycles. The van der Waals surface area contributed by atoms with Crippen molar-refractivity contribution in [2.75, 3.05) is 13.2 Å². The van der Waals surface area contributed by atoms with E-state index in [0.29, 0.717) is 29.8 Å². The van der Waals surface area contributed by atoms with Gasteiger partial charge in [0.05, 0.1) is 23.4 Å². The lowest BCUT2D eigenvalue weighted by Gasteiger charge is -2.56. The summed E-state index contributed by atoms with van der Waals surface area (Å²) in [4.78, 5) is 14.6. The molecule has 168 valence electrons. The first kappa shape index (κ1) is 19.8. The highest BCUT2D eigenvalue weighted by Gasteiger charge is 2.50. The van der Waals surface area contributed by atoms with Crippen molar-refractivity contribution in [1.29, 1.82) is 0 Å². The SMILES string of the molecule is O=C(NCC12CC3CC(CC(C3)C1)C2)c1cccn2nc(Cn3nnc(CCO)n3)cc12. The predicted octanol–water partition coefficient (Wildman–Crippen LogP) is 1.85. The third-order valence-electron chi connectivity index (χ3n) is 7.72. The van der Waals surface area contributed by atoms with Crippen LogP contribution in [0.25, 0.3) is 5.52 Å². The lowest BCUT2D eigenvalue weighted by atomic mass is 9.49. The zero-order valence-corrected chi connectivity index (χ0v) is 18.2. The van der Waals surface area contributed by atoms with E-state index in [1.807, 2.05) is 24.4 Å². The summed E-state index contributed by atoms with van der Waals surface area (Å²) in [7, 11) is 0. The average Bonchev–Trinajstić information content (AvgIpc) is 3.37. The number of hydrogen-bond acceptors (Lipinski definition) is 6. The molecule has 0 unspecified atom stereocenters. The van der Waals surface area contributed by atoms with Gasteiger partial charge in [-0.15, -0.1) is 10.2 Å². The van der Waals surface area contributed by atoms with Crippen LogP contribution in [0.1, 0.15) is 60.4 Å². The molecule has 3 aromatic heterocycles. The maximum Gasteiger partial charge on any atom is 0.253 e. The van der Waals surface area contributed by atoms with Crippen LogP contribution >= 0.6 is 0 Å². The van der Waals surface area contributed by atoms with E-state index in [1.54, 1.807) is 4.52 Å². The first-order valence-electron chi connectivity index (χ1n) is 11.7. The molecule has 0 spiro atoms. The van der Waals surface area contributed by atoms with E-state index in [2.05, 4.69) is 25.8 Å². The van der Waals surface area contributed by atoms with Crippen LogP contribution in [0, 0.1) is 23.2 Å². The standard InChI is InChI=1S/C23H29N7O2/c31-5-3-21-25-28-30(27-21)13-18-9-20-19(2-1-4-29(20)26-18)22(32)24-14-23-10-15-6-16(11-23)8-17(7-15)12-23/h1-2,4,9,15-17,31H,3,5-8,10-14H2,(H,24,32). The summed E-state index contributed by atoms with van der Waals surface area (Å²) in [5.41, 5.74) is 2.48. The highest BCUT2D eigenvalue weighted by molar-refractivity contribution is 6.00. The number of tetrazole rings is 1. The fraction of sp³-hybridized carbons (Fsp3) is 0.609. The molecule has 3 aromatic rings. The Morgan fingerprint density at radius 3 is 2.62 bits per heavy atom. The molecule has 4 saturated carbocycles. The molecule has 0 saturated heterocycles. The molecule has 0 aromatic carbocycles. The number of aliphatic hydroxyl groups is 1. The number of aliphatic hydroxyl groups excluding tert-OH is 1. The molecule has 0 radical (unpaired) electrons. The molecule has 3 heterocycles. The molecule has 2 N–H and O–H groups in total. The molecule has 9 nitrogen and oxygen atoms in total. The minimum atomic E-state index is -0.0260. The number of nitrogens with one attached hydrogen (secondary N) is 1. The minimum Gasteiger partial charge on any atom is -0.396 e. The second kappa shape index (κ2) is 7.65. The van der Waals surface area contributed by atoms with Gasteiger partial charge >= 0.3 is 0 Å². The topological polar surface area (TPSA) is 110 Å². The number of hydrogen-bond donors (Lipinski definition) is 2. The second-order valence-corrected chi connectivity index (χ2v) is 10.2. The number of nitrogens with zero attached hydrogens (tertiary/aromatic N) is 6. The Labute approximate surface area is 186 Å². The molecule has 4 bridgehead atoms. The summed E-state index contributed by atoms with van der Waals surface area (Å²) in [6, 6.07) is 5.63. The first-order chi connectivity index (χ1) is 15.6. The molecule has 4 aliphatic carbocycles. The predicted molar refractivity (Wildman–Crippen MR) is 116 cm³/mol. The van der Waals surface area contributed by atoms with Crippen molar-refractivity contribution >= 4 is 11.4 Å². The van der Waals surface area contributed by atoms with Gasteiger partial charge < -0.3 is 10.4 Å². The molecule has 7 rings (SSSR count). The summed E-state index contributed by atoms with van der Waals surface area (Å²) in [6.45, 7) is 1.13. The van der Waals surface area contributed by atoms with Crippen molar-refractivity contribution in [2.45, 2.75) is 51.5 Å². The summed E-state index contributed by atoms with van der Waals surface area (Å²) in [5.74, 6) is 3.11. The monoisotopic (exact) mass is 435 g/mol. The summed E-state index contributed by atoms with van der Waals surface area (Å²) >= 11 is 0. The highest BCUT2D eigenvalue weighted by Crippen LogP contribution is 2.59. The summed E-state index contributed by atoms with van der Waals surface area (Å²) in [6.07, 6.45) is 10.3. The third kappa shape index (κ3) is 3.58. The van der Waals surface area contributed by atoms with Crippen LogP contribution in [0.3, 0.4) is 0 Å². The van der Waals surface area contributed by atoms with E-state index in [-0.39, 0.29) is 12.5 Å². The van der Waals surface area contributed by atoms with Gasteiger partial charge in [0.15, 0.2) is 5.82 Å². The van der Waals surface area contributed by atoms with Crippen LogP contribution in [-0.4, -0.2) is 54.0 Å². The fourth-order valence-corrected chi connectivity index (χ4v) is 6.89. The van der Waals surface area contributed by atoms with Crippen molar-refractivity contribution in [3.8, 4) is 0 Å². The first-order valence-corrected chi connectivity index (χ1v) is 11.7. The zero-order valence-electron chi connectivity index (χ0n) is 18.2. The van der Waals surface area contributed by atoms with Crippen molar-refractivity contribution in [1.82, 2.24) is 35.1 Å². The molecule has 0 atom stereocenters. The largest absolute Gasteiger partial charge is 0.396 e. The van der Waals surface area contributed by atoms with Gasteiger partial charge in [-0.3, -0.25) is 4.79 Å². The maximum absolute atomic E-state index is 13.2. The van der Waals surface area contributed by atoms with E-state index < -0.39 is 0 Å². The molecular formula is C23H29N7O2. The number of aromatic nitrogens is 6. The third-order valence-corrected chi connectivity index (χ3v) is 7.72. The van der Waals surface area contributed by atoms with Crippen molar-refractivity contribution in [2.24, 2.45) is 23.2 Å². The normalized spacial score (nSPS) is 28.5. The van der Waals surface area contributed by atoms with Gasteiger partial charge in [0.2, 0.25) is 0 Å². The highest BCUT2D eigenvalue weighted by atomic mass is 16.3. The van der Waals surface area contributed by atoms with Crippen molar-refractivity contribution in [3.05, 3.63) is 41.5 Å². The Balaban J connectivity index is 1.18. The van der Waals surface area contributed by atoms with Gasteiger partial charge in [0.1, 0.15) is 6.54 Å². The number of carbonyl (C=O) groups is 1. The van der Waals surface area contributed by atoms with Gasteiger partial charge in [-0.2, -0.15) is 9.90 Å². The van der Waals surface area contributed by atoms with Gasteiger partial charge in [-0.1, -0.05) is 0 Å². The lowest BCUT2D eigenvalue weighted by Crippen LogP contribution is -2.51. The van der Waals surface area contributed by atoms with Gasteiger partial charge in [0, 0.05) is 19.2 Å². The molecular weight excluding hydrogens is 406 g/mol. The van der Waals surface area contributed by atoms with Crippen LogP contribution in [0.5, 0.6) is 0 Å². The van der Waals surface area contributed by atoms with Crippen LogP contribution < -0.4 is 5.32 Å². The van der Waals surface area contributed by atoms with Crippen molar-refractivity contribution in [3.63, 3.8) is 0 Å². The van der Waals surface area contributed by atoms with E-state index >= 15 is 0 Å². The van der Waals surface area contributed by atoms with Crippen LogP contribution in [0.2, 0.25) is 0 Å². The van der Waals surface area contributed by atoms with E-state index in [1.165, 1.54) is 43.3 Å². The van der Waals surface area contributed by atoms with Crippen LogP contribution in [0.4, 0.5) is 0 Å². The number of amides is 1. The molecule has 4 aliphatic rings. The zero-order chi connectivity index (χ0) is 21.7. The lowest BCUT2D eigenvalue weighted by molar-refractivity contribution is -0.0503. The Morgan fingerprint density at radius 1 is 1.16 bits per heavy atom. The van der Waals surface area contributed by atoms with Gasteiger partial charge in [-0.25, -0.2) is 4.52 Å². The van der Waals surface area contributed by atoms with E-state index in [4.69, 9.17) is 5.11 Å². The van der Waals surface area contributed by atoms with E-state index in [0.717, 1.165) is 35.5 Å². The number of fused-ring (bicyclic) bond motifs is 1. The molecule has 4 fully saturated rings. The minimum absolute atomic E-state index is 0.0121. The Kier molecular flexibility index (Phi) is 4.74. The molecule has 32 heavy (non-hydrogen) atoms. The maximum atomic E-state index is 13.2. The smallest absolute Gasteiger partial charge is 0.253 e. The van der Waals surface area contributed by atoms with Crippen LogP contribution in [0.15, 0.2) is 24.4 Å². The Morgan fingerprint density at radius 2 is 1.91 bits per heavy atom. The van der Waals surface area contributed by atoms with Crippen molar-refractivity contribution < 1.29 is 9.90 Å². The van der Waals surface area contributed by atoms with Gasteiger partial charge in [0.25, 0.3) is 5.91 Å². The number of rotatable bonds is 7. The summed E-state index contributed by atoms with van der Waals surface area (Å²) < 4.78 is 1.74. The Hall–Kier alpha value is -2.81. The average molecular weight is 436 g/mol. The summed E-state index contributed by atoms with van der Waals surface area (Å²) in [5, 5.41) is 29.1.